The number of benzene rings is 2. The molecule has 108 valence electrons. The highest BCUT2D eigenvalue weighted by molar-refractivity contribution is 5.89. The van der Waals surface area contributed by atoms with E-state index in [0.717, 1.165) is 27.8 Å². The lowest BCUT2D eigenvalue weighted by molar-refractivity contribution is 0.385. The fourth-order valence-electron chi connectivity index (χ4n) is 2.49. The van der Waals surface area contributed by atoms with Gasteiger partial charge in [0.1, 0.15) is 11.5 Å². The zero-order valence-corrected chi connectivity index (χ0v) is 12.1. The molecule has 1 aromatic heterocycles. The van der Waals surface area contributed by atoms with Crippen LogP contribution in [0.1, 0.15) is 30.0 Å². The number of hydrogen-bond donors (Lipinski definition) is 2. The first-order valence-corrected chi connectivity index (χ1v) is 7.01. The largest absolute Gasteiger partial charge is 0.507 e. The van der Waals surface area contributed by atoms with E-state index in [4.69, 9.17) is 4.52 Å². The monoisotopic (exact) mass is 282 g/mol. The molecule has 0 fully saturated rings. The van der Waals surface area contributed by atoms with E-state index in [2.05, 4.69) is 10.5 Å². The Morgan fingerprint density at radius 2 is 2.05 bits per heavy atom. The average Bonchev–Trinajstić information content (AvgIpc) is 2.91. The zero-order valence-electron chi connectivity index (χ0n) is 12.1. The van der Waals surface area contributed by atoms with Gasteiger partial charge in [-0.15, -0.1) is 0 Å². The molecule has 4 nitrogen and oxygen atoms in total. The maximum atomic E-state index is 10.4. The van der Waals surface area contributed by atoms with Gasteiger partial charge in [0.15, 0.2) is 0 Å². The molecule has 0 radical (unpaired) electrons. The third-order valence-corrected chi connectivity index (χ3v) is 3.66. The van der Waals surface area contributed by atoms with Gasteiger partial charge in [-0.1, -0.05) is 41.6 Å². The standard InChI is InChI=1S/C17H18N2O2/c1-11-9-14(19-21-11)10-18-12(2)15-8-7-13-5-3-4-6-16(13)17(15)20/h3-9,12,18,20H,10H2,1-2H3. The van der Waals surface area contributed by atoms with Gasteiger partial charge in [0.25, 0.3) is 0 Å². The van der Waals surface area contributed by atoms with Crippen LogP contribution in [0.4, 0.5) is 0 Å². The molecule has 0 amide bonds. The van der Waals surface area contributed by atoms with Crippen LogP contribution < -0.4 is 5.32 Å². The van der Waals surface area contributed by atoms with Crippen molar-refractivity contribution >= 4 is 10.8 Å². The average molecular weight is 282 g/mol. The van der Waals surface area contributed by atoms with Crippen molar-refractivity contribution in [2.75, 3.05) is 0 Å². The second-order valence-electron chi connectivity index (χ2n) is 5.26. The molecule has 1 unspecified atom stereocenters. The first-order valence-electron chi connectivity index (χ1n) is 7.01. The normalized spacial score (nSPS) is 12.7. The summed E-state index contributed by atoms with van der Waals surface area (Å²) in [5, 5.41) is 19.7. The predicted octanol–water partition coefficient (Wildman–Crippen LogP) is 3.69. The molecular weight excluding hydrogens is 264 g/mol. The van der Waals surface area contributed by atoms with Crippen molar-refractivity contribution in [1.82, 2.24) is 10.5 Å². The van der Waals surface area contributed by atoms with E-state index in [1.54, 1.807) is 0 Å². The summed E-state index contributed by atoms with van der Waals surface area (Å²) in [6.07, 6.45) is 0. The minimum Gasteiger partial charge on any atom is -0.507 e. The molecule has 4 heteroatoms. The van der Waals surface area contributed by atoms with Crippen molar-refractivity contribution in [3.8, 4) is 5.75 Å². The summed E-state index contributed by atoms with van der Waals surface area (Å²) in [5.41, 5.74) is 1.74. The van der Waals surface area contributed by atoms with Gasteiger partial charge in [-0.2, -0.15) is 0 Å². The Bertz CT molecular complexity index is 764. The second kappa shape index (κ2) is 5.58. The molecule has 21 heavy (non-hydrogen) atoms. The Morgan fingerprint density at radius 1 is 1.24 bits per heavy atom. The minimum absolute atomic E-state index is 0.0200. The van der Waals surface area contributed by atoms with Crippen LogP contribution in [0.2, 0.25) is 0 Å². The molecule has 0 spiro atoms. The van der Waals surface area contributed by atoms with Crippen molar-refractivity contribution in [3.05, 3.63) is 59.5 Å². The molecule has 3 rings (SSSR count). The molecule has 0 aliphatic carbocycles. The van der Waals surface area contributed by atoms with Crippen LogP contribution in [0.3, 0.4) is 0 Å². The van der Waals surface area contributed by atoms with E-state index < -0.39 is 0 Å². The fourth-order valence-corrected chi connectivity index (χ4v) is 2.49. The van der Waals surface area contributed by atoms with Gasteiger partial charge in [0.2, 0.25) is 0 Å². The van der Waals surface area contributed by atoms with Gasteiger partial charge in [0.05, 0.1) is 5.69 Å². The van der Waals surface area contributed by atoms with Gasteiger partial charge < -0.3 is 14.9 Å². The molecule has 0 aliphatic rings. The van der Waals surface area contributed by atoms with E-state index in [0.29, 0.717) is 12.3 Å². The van der Waals surface area contributed by atoms with Crippen LogP contribution in [-0.4, -0.2) is 10.3 Å². The third kappa shape index (κ3) is 2.76. The third-order valence-electron chi connectivity index (χ3n) is 3.66. The fraction of sp³-hybridized carbons (Fsp3) is 0.235. The molecule has 2 aromatic carbocycles. The number of phenolic OH excluding ortho intramolecular Hbond substituents is 1. The number of hydrogen-bond acceptors (Lipinski definition) is 4. The zero-order chi connectivity index (χ0) is 14.8. The van der Waals surface area contributed by atoms with Gasteiger partial charge in [-0.3, -0.25) is 0 Å². The lowest BCUT2D eigenvalue weighted by Crippen LogP contribution is -2.18. The number of aromatic nitrogens is 1. The van der Waals surface area contributed by atoms with Crippen molar-refractivity contribution < 1.29 is 9.63 Å². The molecule has 0 saturated carbocycles. The molecule has 0 bridgehead atoms. The van der Waals surface area contributed by atoms with Crippen LogP contribution in [0.25, 0.3) is 10.8 Å². The molecule has 2 N–H and O–H groups in total. The summed E-state index contributed by atoms with van der Waals surface area (Å²) < 4.78 is 5.04. The molecular formula is C17H18N2O2. The SMILES string of the molecule is Cc1cc(CNC(C)c2ccc3ccccc3c2O)no1. The van der Waals surface area contributed by atoms with Crippen molar-refractivity contribution in [2.24, 2.45) is 0 Å². The van der Waals surface area contributed by atoms with Gasteiger partial charge in [-0.25, -0.2) is 0 Å². The highest BCUT2D eigenvalue weighted by atomic mass is 16.5. The maximum Gasteiger partial charge on any atom is 0.133 e. The van der Waals surface area contributed by atoms with Crippen LogP contribution in [0.15, 0.2) is 47.0 Å². The Labute approximate surface area is 123 Å². The number of rotatable bonds is 4. The lowest BCUT2D eigenvalue weighted by Gasteiger charge is -2.16. The number of nitrogens with one attached hydrogen (secondary N) is 1. The summed E-state index contributed by atoms with van der Waals surface area (Å²) in [6.45, 7) is 4.50. The molecule has 1 heterocycles. The van der Waals surface area contributed by atoms with E-state index in [-0.39, 0.29) is 6.04 Å². The Hall–Kier alpha value is -2.33. The summed E-state index contributed by atoms with van der Waals surface area (Å²) in [4.78, 5) is 0. The van der Waals surface area contributed by atoms with Gasteiger partial charge in [-0.05, 0) is 19.2 Å². The Kier molecular flexibility index (Phi) is 3.62. The number of aryl methyl sites for hydroxylation is 1. The summed E-state index contributed by atoms with van der Waals surface area (Å²) in [7, 11) is 0. The summed E-state index contributed by atoms with van der Waals surface area (Å²) in [5.74, 6) is 1.14. The number of phenols is 1. The Balaban J connectivity index is 1.81. The second-order valence-corrected chi connectivity index (χ2v) is 5.26. The Morgan fingerprint density at radius 3 is 2.81 bits per heavy atom. The van der Waals surface area contributed by atoms with E-state index in [1.165, 1.54) is 0 Å². The summed E-state index contributed by atoms with van der Waals surface area (Å²) >= 11 is 0. The van der Waals surface area contributed by atoms with Crippen LogP contribution in [0.5, 0.6) is 5.75 Å². The quantitative estimate of drug-likeness (QED) is 0.766. The van der Waals surface area contributed by atoms with E-state index >= 15 is 0 Å². The topological polar surface area (TPSA) is 58.3 Å². The highest BCUT2D eigenvalue weighted by Gasteiger charge is 2.13. The molecule has 1 atom stereocenters. The smallest absolute Gasteiger partial charge is 0.133 e. The van der Waals surface area contributed by atoms with Gasteiger partial charge in [0, 0.05) is 29.6 Å². The molecule has 3 aromatic rings. The van der Waals surface area contributed by atoms with Gasteiger partial charge >= 0.3 is 0 Å². The van der Waals surface area contributed by atoms with E-state index in [9.17, 15) is 5.11 Å². The van der Waals surface area contributed by atoms with Crippen LogP contribution in [0, 0.1) is 6.92 Å². The lowest BCUT2D eigenvalue weighted by atomic mass is 10.0. The number of aromatic hydroxyl groups is 1. The van der Waals surface area contributed by atoms with Crippen molar-refractivity contribution in [2.45, 2.75) is 26.4 Å². The minimum atomic E-state index is 0.0200. The number of nitrogens with zero attached hydrogens (tertiary/aromatic N) is 1. The van der Waals surface area contributed by atoms with Crippen molar-refractivity contribution in [3.63, 3.8) is 0 Å². The maximum absolute atomic E-state index is 10.4. The molecule has 0 aliphatic heterocycles. The van der Waals surface area contributed by atoms with Crippen LogP contribution in [-0.2, 0) is 6.54 Å². The van der Waals surface area contributed by atoms with E-state index in [1.807, 2.05) is 56.3 Å². The molecule has 0 saturated heterocycles. The first-order chi connectivity index (χ1) is 10.1. The van der Waals surface area contributed by atoms with Crippen molar-refractivity contribution in [1.29, 1.82) is 0 Å². The number of fused-ring (bicyclic) bond motifs is 1. The van der Waals surface area contributed by atoms with Crippen LogP contribution >= 0.6 is 0 Å². The highest BCUT2D eigenvalue weighted by Crippen LogP contribution is 2.32. The first kappa shape index (κ1) is 13.6. The summed E-state index contributed by atoms with van der Waals surface area (Å²) in [6, 6.07) is 13.7. The predicted molar refractivity (Wildman–Crippen MR) is 82.1 cm³/mol.